The molecule has 0 unspecified atom stereocenters. The maximum Gasteiger partial charge on any atom is 0.251 e. The van der Waals surface area contributed by atoms with Crippen LogP contribution < -0.4 is 10.3 Å². The van der Waals surface area contributed by atoms with Crippen LogP contribution in [0, 0.1) is 5.92 Å². The Morgan fingerprint density at radius 1 is 1.16 bits per heavy atom. The smallest absolute Gasteiger partial charge is 0.251 e. The van der Waals surface area contributed by atoms with E-state index in [-0.39, 0.29) is 29.3 Å². The van der Waals surface area contributed by atoms with Crippen molar-refractivity contribution in [1.29, 1.82) is 0 Å². The number of carbonyl (C=O) groups excluding carboxylic acids is 1. The quantitative estimate of drug-likeness (QED) is 0.654. The Bertz CT molecular complexity index is 1030. The van der Waals surface area contributed by atoms with Gasteiger partial charge in [-0.25, -0.2) is 0 Å². The predicted octanol–water partition coefficient (Wildman–Crippen LogP) is 4.33. The number of fused-ring (bicyclic) bond motifs is 4. The Kier molecular flexibility index (Phi) is 6.30. The van der Waals surface area contributed by atoms with E-state index in [2.05, 4.69) is 32.1 Å². The van der Waals surface area contributed by atoms with Crippen molar-refractivity contribution in [1.82, 2.24) is 9.47 Å². The molecule has 2 aromatic rings. The zero-order valence-corrected chi connectivity index (χ0v) is 18.7. The lowest BCUT2D eigenvalue weighted by molar-refractivity contribution is -0.134. The van der Waals surface area contributed by atoms with Crippen molar-refractivity contribution in [2.45, 2.75) is 51.5 Å². The topological polar surface area (TPSA) is 51.5 Å². The van der Waals surface area contributed by atoms with Gasteiger partial charge < -0.3 is 14.2 Å². The van der Waals surface area contributed by atoms with E-state index >= 15 is 0 Å². The summed E-state index contributed by atoms with van der Waals surface area (Å²) in [4.78, 5) is 27.9. The lowest BCUT2D eigenvalue weighted by Gasteiger charge is -2.47. The number of methoxy groups -OCH3 is 1. The molecule has 3 heterocycles. The third kappa shape index (κ3) is 4.60. The highest BCUT2D eigenvalue weighted by Gasteiger charge is 2.41. The maximum absolute atomic E-state index is 12.9. The van der Waals surface area contributed by atoms with Crippen LogP contribution in [0.5, 0.6) is 5.75 Å². The van der Waals surface area contributed by atoms with Crippen molar-refractivity contribution >= 4 is 5.91 Å². The SMILES string of the molecule is COc1cccc(C[C@H]2[C@H]3C[C@H](CN(C(=O)CCC=C(C)C)C3)c3cccc(=O)n32)c1. The number of allylic oxidation sites excluding steroid dienone is 2. The molecule has 0 saturated carbocycles. The molecule has 3 atom stereocenters. The van der Waals surface area contributed by atoms with E-state index in [1.165, 1.54) is 5.57 Å². The first-order valence-corrected chi connectivity index (χ1v) is 11.2. The molecular weight excluding hydrogens is 388 g/mol. The molecule has 1 saturated heterocycles. The molecule has 0 aliphatic carbocycles. The van der Waals surface area contributed by atoms with Crippen molar-refractivity contribution in [3.05, 3.63) is 75.7 Å². The molecule has 2 bridgehead atoms. The van der Waals surface area contributed by atoms with E-state index in [9.17, 15) is 9.59 Å². The van der Waals surface area contributed by atoms with Gasteiger partial charge in [0, 0.05) is 43.2 Å². The van der Waals surface area contributed by atoms with Crippen LogP contribution in [-0.4, -0.2) is 35.6 Å². The normalized spacial score (nSPS) is 21.9. The molecule has 1 aromatic carbocycles. The number of piperidine rings is 1. The monoisotopic (exact) mass is 420 g/mol. The Hall–Kier alpha value is -2.82. The molecule has 2 aliphatic heterocycles. The summed E-state index contributed by atoms with van der Waals surface area (Å²) < 4.78 is 7.40. The highest BCUT2D eigenvalue weighted by Crippen LogP contribution is 2.42. The van der Waals surface area contributed by atoms with E-state index < -0.39 is 0 Å². The second kappa shape index (κ2) is 9.13. The van der Waals surface area contributed by atoms with E-state index in [1.807, 2.05) is 33.7 Å². The van der Waals surface area contributed by atoms with Gasteiger partial charge in [-0.2, -0.15) is 0 Å². The maximum atomic E-state index is 12.9. The molecule has 1 aromatic heterocycles. The van der Waals surface area contributed by atoms with Gasteiger partial charge in [-0.1, -0.05) is 29.8 Å². The average molecular weight is 421 g/mol. The molecule has 31 heavy (non-hydrogen) atoms. The Morgan fingerprint density at radius 2 is 1.97 bits per heavy atom. The Morgan fingerprint density at radius 3 is 2.74 bits per heavy atom. The third-order valence-electron chi connectivity index (χ3n) is 6.64. The fourth-order valence-corrected chi connectivity index (χ4v) is 5.19. The first-order chi connectivity index (χ1) is 15.0. The van der Waals surface area contributed by atoms with Crippen LogP contribution >= 0.6 is 0 Å². The predicted molar refractivity (Wildman–Crippen MR) is 123 cm³/mol. The van der Waals surface area contributed by atoms with Gasteiger partial charge in [-0.05, 0) is 62.8 Å². The van der Waals surface area contributed by atoms with Gasteiger partial charge in [0.2, 0.25) is 5.91 Å². The zero-order chi connectivity index (χ0) is 22.0. The van der Waals surface area contributed by atoms with Gasteiger partial charge in [0.05, 0.1) is 7.11 Å². The van der Waals surface area contributed by atoms with Gasteiger partial charge >= 0.3 is 0 Å². The summed E-state index contributed by atoms with van der Waals surface area (Å²) in [5.41, 5.74) is 3.52. The summed E-state index contributed by atoms with van der Waals surface area (Å²) in [6, 6.07) is 13.7. The molecule has 5 heteroatoms. The van der Waals surface area contributed by atoms with Crippen LogP contribution in [0.25, 0.3) is 0 Å². The third-order valence-corrected chi connectivity index (χ3v) is 6.64. The van der Waals surface area contributed by atoms with Crippen LogP contribution in [0.2, 0.25) is 0 Å². The minimum absolute atomic E-state index is 0.0421. The summed E-state index contributed by atoms with van der Waals surface area (Å²) >= 11 is 0. The van der Waals surface area contributed by atoms with Gasteiger partial charge in [-0.3, -0.25) is 9.59 Å². The largest absolute Gasteiger partial charge is 0.497 e. The standard InChI is InChI=1S/C26H32N2O3/c1-18(2)7-4-11-25(29)27-16-20-15-21(17-27)24(28-23(20)10-6-12-26(28)30)14-19-8-5-9-22(13-19)31-3/h5-10,12-13,20-21,24H,4,11,14-17H2,1-3H3/t20-,21+,24+/m1/s1. The van der Waals surface area contributed by atoms with Crippen molar-refractivity contribution in [2.24, 2.45) is 5.92 Å². The molecule has 0 spiro atoms. The number of carbonyl (C=O) groups is 1. The molecule has 1 amide bonds. The first kappa shape index (κ1) is 21.4. The fourth-order valence-electron chi connectivity index (χ4n) is 5.19. The molecule has 0 N–H and O–H groups in total. The number of rotatable bonds is 6. The molecular formula is C26H32N2O3. The van der Waals surface area contributed by atoms with Gasteiger partial charge in [0.15, 0.2) is 0 Å². The van der Waals surface area contributed by atoms with Crippen LogP contribution in [-0.2, 0) is 11.2 Å². The molecule has 0 radical (unpaired) electrons. The number of pyridine rings is 1. The fraction of sp³-hybridized carbons (Fsp3) is 0.462. The van der Waals surface area contributed by atoms with Gasteiger partial charge in [0.25, 0.3) is 5.56 Å². The molecule has 1 fully saturated rings. The van der Waals surface area contributed by atoms with E-state index in [1.54, 1.807) is 13.2 Å². The lowest BCUT2D eigenvalue weighted by atomic mass is 9.76. The second-order valence-electron chi connectivity index (χ2n) is 9.09. The zero-order valence-electron chi connectivity index (χ0n) is 18.7. The van der Waals surface area contributed by atoms with Crippen molar-refractivity contribution < 1.29 is 9.53 Å². The number of nitrogens with zero attached hydrogens (tertiary/aromatic N) is 2. The van der Waals surface area contributed by atoms with E-state index in [0.29, 0.717) is 13.0 Å². The molecule has 4 rings (SSSR count). The summed E-state index contributed by atoms with van der Waals surface area (Å²) in [7, 11) is 1.67. The summed E-state index contributed by atoms with van der Waals surface area (Å²) in [5, 5.41) is 0. The highest BCUT2D eigenvalue weighted by atomic mass is 16.5. The second-order valence-corrected chi connectivity index (χ2v) is 9.09. The van der Waals surface area contributed by atoms with Crippen molar-refractivity contribution in [3.8, 4) is 5.75 Å². The molecule has 5 nitrogen and oxygen atoms in total. The minimum Gasteiger partial charge on any atom is -0.497 e. The summed E-state index contributed by atoms with van der Waals surface area (Å²) in [5.74, 6) is 1.54. The number of hydrogen-bond donors (Lipinski definition) is 0. The molecule has 164 valence electrons. The number of amides is 1. The first-order valence-electron chi connectivity index (χ1n) is 11.2. The highest BCUT2D eigenvalue weighted by molar-refractivity contribution is 5.76. The summed E-state index contributed by atoms with van der Waals surface area (Å²) in [6.07, 6.45) is 5.24. The van der Waals surface area contributed by atoms with Crippen molar-refractivity contribution in [2.75, 3.05) is 20.2 Å². The van der Waals surface area contributed by atoms with Crippen LogP contribution in [0.15, 0.2) is 58.9 Å². The van der Waals surface area contributed by atoms with Gasteiger partial charge in [0.1, 0.15) is 5.75 Å². The lowest BCUT2D eigenvalue weighted by Crippen LogP contribution is -2.51. The Labute approximate surface area is 184 Å². The van der Waals surface area contributed by atoms with E-state index in [4.69, 9.17) is 4.74 Å². The number of benzene rings is 1. The molecule has 2 aliphatic rings. The number of hydrogen-bond acceptors (Lipinski definition) is 3. The average Bonchev–Trinajstić information content (AvgIpc) is 2.76. The number of ether oxygens (including phenoxy) is 1. The van der Waals surface area contributed by atoms with Gasteiger partial charge in [-0.15, -0.1) is 0 Å². The van der Waals surface area contributed by atoms with Crippen LogP contribution in [0.1, 0.15) is 56.3 Å². The Balaban J connectivity index is 1.62. The number of likely N-dealkylation sites (tertiary alicyclic amines) is 1. The van der Waals surface area contributed by atoms with Crippen molar-refractivity contribution in [3.63, 3.8) is 0 Å². The summed E-state index contributed by atoms with van der Waals surface area (Å²) in [6.45, 7) is 5.56. The van der Waals surface area contributed by atoms with Crippen LogP contribution in [0.3, 0.4) is 0 Å². The van der Waals surface area contributed by atoms with E-state index in [0.717, 1.165) is 42.8 Å². The van der Waals surface area contributed by atoms with Crippen LogP contribution in [0.4, 0.5) is 0 Å². The minimum atomic E-state index is 0.0421. The number of aromatic nitrogens is 1.